The summed E-state index contributed by atoms with van der Waals surface area (Å²) in [7, 11) is 0. The van der Waals surface area contributed by atoms with E-state index >= 15 is 0 Å². The molecule has 0 saturated heterocycles. The highest BCUT2D eigenvalue weighted by molar-refractivity contribution is 7.16. The topological polar surface area (TPSA) is 50.2 Å². The van der Waals surface area contributed by atoms with E-state index < -0.39 is 11.8 Å². The number of halogens is 2. The lowest BCUT2D eigenvalue weighted by molar-refractivity contribution is 0.0702. The summed E-state index contributed by atoms with van der Waals surface area (Å²) in [5.41, 5.74) is 0.140. The van der Waals surface area contributed by atoms with Gasteiger partial charge in [0.25, 0.3) is 0 Å². The Kier molecular flexibility index (Phi) is 2.89. The smallest absolute Gasteiger partial charge is 0.347 e. The van der Waals surface area contributed by atoms with Crippen LogP contribution < -0.4 is 0 Å². The minimum Gasteiger partial charge on any atom is -0.477 e. The first kappa shape index (κ1) is 11.0. The van der Waals surface area contributed by atoms with Crippen LogP contribution in [0.2, 0.25) is 5.02 Å². The van der Waals surface area contributed by atoms with Gasteiger partial charge in [-0.1, -0.05) is 17.7 Å². The molecule has 82 valence electrons. The van der Waals surface area contributed by atoms with Crippen LogP contribution in [0.1, 0.15) is 9.67 Å². The van der Waals surface area contributed by atoms with Crippen LogP contribution in [-0.2, 0) is 0 Å². The van der Waals surface area contributed by atoms with Gasteiger partial charge in [-0.2, -0.15) is 0 Å². The van der Waals surface area contributed by atoms with Gasteiger partial charge in [0.15, 0.2) is 0 Å². The van der Waals surface area contributed by atoms with Crippen LogP contribution in [0.15, 0.2) is 24.4 Å². The van der Waals surface area contributed by atoms with Gasteiger partial charge in [-0.3, -0.25) is 0 Å². The molecule has 0 atom stereocenters. The molecule has 0 bridgehead atoms. The highest BCUT2D eigenvalue weighted by atomic mass is 35.5. The standard InChI is InChI=1S/C10H5ClFNO2S/c11-5-2-1-3-6(12)8(5)9-13-4-7(16-9)10(14)15/h1-4H,(H,14,15). The summed E-state index contributed by atoms with van der Waals surface area (Å²) >= 11 is 6.72. The molecule has 3 nitrogen and oxygen atoms in total. The van der Waals surface area contributed by atoms with Crippen LogP contribution in [0, 0.1) is 5.82 Å². The molecule has 1 aromatic heterocycles. The maximum atomic E-state index is 13.5. The van der Waals surface area contributed by atoms with Gasteiger partial charge < -0.3 is 5.11 Å². The zero-order valence-electron chi connectivity index (χ0n) is 7.78. The third-order valence-electron chi connectivity index (χ3n) is 1.89. The number of thiazole rings is 1. The van der Waals surface area contributed by atoms with E-state index in [-0.39, 0.29) is 20.5 Å². The summed E-state index contributed by atoms with van der Waals surface area (Å²) in [5.74, 6) is -1.60. The molecule has 2 rings (SSSR count). The highest BCUT2D eigenvalue weighted by Crippen LogP contribution is 2.33. The SMILES string of the molecule is O=C(O)c1cnc(-c2c(F)cccc2Cl)s1. The second-order valence-electron chi connectivity index (χ2n) is 2.93. The largest absolute Gasteiger partial charge is 0.477 e. The van der Waals surface area contributed by atoms with E-state index in [1.165, 1.54) is 24.4 Å². The number of hydrogen-bond acceptors (Lipinski definition) is 3. The number of aromatic carboxylic acids is 1. The first-order valence-electron chi connectivity index (χ1n) is 4.23. The lowest BCUT2D eigenvalue weighted by Crippen LogP contribution is -1.89. The summed E-state index contributed by atoms with van der Waals surface area (Å²) in [6, 6.07) is 4.26. The molecular formula is C10H5ClFNO2S. The Bertz CT molecular complexity index is 535. The van der Waals surface area contributed by atoms with E-state index in [0.29, 0.717) is 0 Å². The fourth-order valence-corrected chi connectivity index (χ4v) is 2.32. The van der Waals surface area contributed by atoms with Crippen LogP contribution in [0.25, 0.3) is 10.6 Å². The summed E-state index contributed by atoms with van der Waals surface area (Å²) < 4.78 is 13.5. The summed E-state index contributed by atoms with van der Waals surface area (Å²) in [6.07, 6.45) is 1.19. The van der Waals surface area contributed by atoms with Crippen molar-refractivity contribution in [3.63, 3.8) is 0 Å². The van der Waals surface area contributed by atoms with Crippen LogP contribution in [0.4, 0.5) is 4.39 Å². The van der Waals surface area contributed by atoms with Gasteiger partial charge in [0.1, 0.15) is 15.7 Å². The Morgan fingerprint density at radius 3 is 2.81 bits per heavy atom. The minimum absolute atomic E-state index is 0.0503. The number of aromatic nitrogens is 1. The number of carbonyl (C=O) groups is 1. The monoisotopic (exact) mass is 257 g/mol. The molecule has 1 N–H and O–H groups in total. The number of hydrogen-bond donors (Lipinski definition) is 1. The summed E-state index contributed by atoms with van der Waals surface area (Å²) in [5, 5.41) is 9.21. The van der Waals surface area contributed by atoms with Crippen LogP contribution in [0.5, 0.6) is 0 Å². The maximum absolute atomic E-state index is 13.5. The molecule has 2 aromatic rings. The highest BCUT2D eigenvalue weighted by Gasteiger charge is 2.15. The summed E-state index contributed by atoms with van der Waals surface area (Å²) in [6.45, 7) is 0. The predicted octanol–water partition coefficient (Wildman–Crippen LogP) is 3.30. The molecule has 0 fully saturated rings. The molecule has 0 aliphatic heterocycles. The Balaban J connectivity index is 2.54. The van der Waals surface area contributed by atoms with E-state index in [9.17, 15) is 9.18 Å². The average Bonchev–Trinajstić information content (AvgIpc) is 2.66. The fourth-order valence-electron chi connectivity index (χ4n) is 1.19. The third-order valence-corrected chi connectivity index (χ3v) is 3.21. The van der Waals surface area contributed by atoms with Gasteiger partial charge in [0.2, 0.25) is 0 Å². The molecule has 16 heavy (non-hydrogen) atoms. The van der Waals surface area contributed by atoms with Crippen LogP contribution in [-0.4, -0.2) is 16.1 Å². The van der Waals surface area contributed by atoms with E-state index in [0.717, 1.165) is 11.3 Å². The molecule has 0 spiro atoms. The number of rotatable bonds is 2. The Hall–Kier alpha value is -1.46. The van der Waals surface area contributed by atoms with Crippen molar-refractivity contribution in [3.05, 3.63) is 40.1 Å². The number of carboxylic acid groups (broad SMARTS) is 1. The quantitative estimate of drug-likeness (QED) is 0.898. The predicted molar refractivity (Wildman–Crippen MR) is 59.5 cm³/mol. The van der Waals surface area contributed by atoms with Crippen LogP contribution in [0.3, 0.4) is 0 Å². The number of carboxylic acids is 1. The van der Waals surface area contributed by atoms with E-state index in [2.05, 4.69) is 4.98 Å². The van der Waals surface area contributed by atoms with Gasteiger partial charge in [-0.05, 0) is 12.1 Å². The zero-order chi connectivity index (χ0) is 11.7. The molecule has 0 radical (unpaired) electrons. The Morgan fingerprint density at radius 1 is 1.50 bits per heavy atom. The summed E-state index contributed by atoms with van der Waals surface area (Å²) in [4.78, 5) is 14.6. The van der Waals surface area contributed by atoms with Crippen molar-refractivity contribution in [2.24, 2.45) is 0 Å². The maximum Gasteiger partial charge on any atom is 0.347 e. The Morgan fingerprint density at radius 2 is 2.25 bits per heavy atom. The molecule has 0 amide bonds. The van der Waals surface area contributed by atoms with Crippen molar-refractivity contribution >= 4 is 28.9 Å². The molecule has 0 saturated carbocycles. The van der Waals surface area contributed by atoms with Gasteiger partial charge in [0.05, 0.1) is 16.8 Å². The van der Waals surface area contributed by atoms with E-state index in [1.54, 1.807) is 0 Å². The molecule has 0 unspecified atom stereocenters. The number of nitrogens with zero attached hydrogens (tertiary/aromatic N) is 1. The molecule has 1 aromatic carbocycles. The van der Waals surface area contributed by atoms with Crippen molar-refractivity contribution in [3.8, 4) is 10.6 Å². The van der Waals surface area contributed by atoms with E-state index in [4.69, 9.17) is 16.7 Å². The van der Waals surface area contributed by atoms with E-state index in [1.807, 2.05) is 0 Å². The fraction of sp³-hybridized carbons (Fsp3) is 0. The first-order valence-corrected chi connectivity index (χ1v) is 5.42. The second kappa shape index (κ2) is 4.19. The number of benzene rings is 1. The molecule has 0 aliphatic rings. The Labute approximate surface area is 99.1 Å². The molecular weight excluding hydrogens is 253 g/mol. The molecule has 0 aliphatic carbocycles. The second-order valence-corrected chi connectivity index (χ2v) is 4.37. The van der Waals surface area contributed by atoms with Crippen molar-refractivity contribution in [2.45, 2.75) is 0 Å². The van der Waals surface area contributed by atoms with Crippen molar-refractivity contribution in [1.82, 2.24) is 4.98 Å². The van der Waals surface area contributed by atoms with Crippen molar-refractivity contribution in [1.29, 1.82) is 0 Å². The lowest BCUT2D eigenvalue weighted by atomic mass is 10.2. The third kappa shape index (κ3) is 1.91. The van der Waals surface area contributed by atoms with Crippen LogP contribution >= 0.6 is 22.9 Å². The van der Waals surface area contributed by atoms with Gasteiger partial charge in [-0.15, -0.1) is 11.3 Å². The normalized spacial score (nSPS) is 10.4. The lowest BCUT2D eigenvalue weighted by Gasteiger charge is -2.00. The first-order chi connectivity index (χ1) is 7.59. The zero-order valence-corrected chi connectivity index (χ0v) is 9.35. The molecule has 1 heterocycles. The van der Waals surface area contributed by atoms with Gasteiger partial charge in [0, 0.05) is 0 Å². The van der Waals surface area contributed by atoms with Gasteiger partial charge >= 0.3 is 5.97 Å². The van der Waals surface area contributed by atoms with Gasteiger partial charge in [-0.25, -0.2) is 14.2 Å². The minimum atomic E-state index is -1.09. The van der Waals surface area contributed by atoms with Crippen molar-refractivity contribution in [2.75, 3.05) is 0 Å². The molecule has 6 heteroatoms. The van der Waals surface area contributed by atoms with Crippen molar-refractivity contribution < 1.29 is 14.3 Å². The average molecular weight is 258 g/mol.